The molecule has 0 aliphatic carbocycles. The molecule has 5 heteroatoms. The second-order valence-corrected chi connectivity index (χ2v) is 4.23. The maximum Gasteiger partial charge on any atom is 0.321 e. The summed E-state index contributed by atoms with van der Waals surface area (Å²) < 4.78 is 12.9. The first-order chi connectivity index (χ1) is 8.15. The van der Waals surface area contributed by atoms with Crippen molar-refractivity contribution in [1.29, 1.82) is 0 Å². The quantitative estimate of drug-likeness (QED) is 0.805. The zero-order chi connectivity index (χ0) is 12.3. The number of anilines is 1. The minimum atomic E-state index is -0.346. The molecule has 1 aromatic carbocycles. The average molecular weight is 237 g/mol. The van der Waals surface area contributed by atoms with Gasteiger partial charge in [0.25, 0.3) is 0 Å². The standard InChI is InChI=1S/C12H16FN3O/c1-15-5-7-16(8-6-15)12(17)14-11-4-2-3-10(13)9-11/h2-4,9H,5-8H2,1H3,(H,14,17). The summed E-state index contributed by atoms with van der Waals surface area (Å²) in [5, 5.41) is 2.70. The Labute approximate surface area is 100 Å². The van der Waals surface area contributed by atoms with Crippen LogP contribution in [0.15, 0.2) is 24.3 Å². The number of carbonyl (C=O) groups is 1. The van der Waals surface area contributed by atoms with Crippen LogP contribution >= 0.6 is 0 Å². The maximum atomic E-state index is 12.9. The smallest absolute Gasteiger partial charge is 0.321 e. The van der Waals surface area contributed by atoms with Crippen molar-refractivity contribution in [1.82, 2.24) is 9.80 Å². The first kappa shape index (κ1) is 11.9. The highest BCUT2D eigenvalue weighted by Crippen LogP contribution is 2.10. The lowest BCUT2D eigenvalue weighted by atomic mass is 10.3. The third-order valence-corrected chi connectivity index (χ3v) is 2.87. The van der Waals surface area contributed by atoms with Gasteiger partial charge in [-0.1, -0.05) is 6.07 Å². The summed E-state index contributed by atoms with van der Waals surface area (Å²) in [4.78, 5) is 15.8. The van der Waals surface area contributed by atoms with E-state index in [1.807, 2.05) is 7.05 Å². The fraction of sp³-hybridized carbons (Fsp3) is 0.417. The molecule has 4 nitrogen and oxygen atoms in total. The van der Waals surface area contributed by atoms with Crippen molar-refractivity contribution in [3.63, 3.8) is 0 Å². The molecule has 1 saturated heterocycles. The summed E-state index contributed by atoms with van der Waals surface area (Å²) in [5.41, 5.74) is 0.494. The van der Waals surface area contributed by atoms with Gasteiger partial charge in [0.05, 0.1) is 0 Å². The zero-order valence-electron chi connectivity index (χ0n) is 9.82. The molecule has 2 amide bonds. The number of amides is 2. The number of likely N-dealkylation sites (N-methyl/N-ethyl adjacent to an activating group) is 1. The highest BCUT2D eigenvalue weighted by atomic mass is 19.1. The van der Waals surface area contributed by atoms with Crippen molar-refractivity contribution >= 4 is 11.7 Å². The van der Waals surface area contributed by atoms with Crippen molar-refractivity contribution in [2.75, 3.05) is 38.5 Å². The van der Waals surface area contributed by atoms with Crippen LogP contribution in [-0.4, -0.2) is 49.1 Å². The van der Waals surface area contributed by atoms with Gasteiger partial charge in [-0.15, -0.1) is 0 Å². The van der Waals surface area contributed by atoms with Gasteiger partial charge in [-0.2, -0.15) is 0 Å². The molecule has 0 atom stereocenters. The van der Waals surface area contributed by atoms with Crippen LogP contribution in [0.4, 0.5) is 14.9 Å². The number of hydrogen-bond acceptors (Lipinski definition) is 2. The minimum Gasteiger partial charge on any atom is -0.322 e. The molecule has 17 heavy (non-hydrogen) atoms. The van der Waals surface area contributed by atoms with E-state index < -0.39 is 0 Å². The summed E-state index contributed by atoms with van der Waals surface area (Å²) in [6.45, 7) is 3.16. The summed E-state index contributed by atoms with van der Waals surface area (Å²) in [6, 6.07) is 5.76. The molecule has 92 valence electrons. The van der Waals surface area contributed by atoms with Crippen LogP contribution in [0, 0.1) is 5.82 Å². The predicted octanol–water partition coefficient (Wildman–Crippen LogP) is 1.60. The molecule has 0 spiro atoms. The van der Waals surface area contributed by atoms with Gasteiger partial charge in [-0.25, -0.2) is 9.18 Å². The second kappa shape index (κ2) is 5.14. The van der Waals surface area contributed by atoms with E-state index in [0.717, 1.165) is 13.1 Å². The van der Waals surface area contributed by atoms with Gasteiger partial charge in [-0.3, -0.25) is 0 Å². The fourth-order valence-electron chi connectivity index (χ4n) is 1.78. The lowest BCUT2D eigenvalue weighted by Crippen LogP contribution is -2.48. The molecule has 1 fully saturated rings. The molecule has 1 aliphatic rings. The largest absolute Gasteiger partial charge is 0.322 e. The number of halogens is 1. The Morgan fingerprint density at radius 1 is 1.29 bits per heavy atom. The van der Waals surface area contributed by atoms with Gasteiger partial charge in [0, 0.05) is 31.9 Å². The lowest BCUT2D eigenvalue weighted by molar-refractivity contribution is 0.164. The lowest BCUT2D eigenvalue weighted by Gasteiger charge is -2.32. The Bertz CT molecular complexity index is 402. The Balaban J connectivity index is 1.93. The number of carbonyl (C=O) groups excluding carboxylic acids is 1. The van der Waals surface area contributed by atoms with Crippen molar-refractivity contribution in [2.45, 2.75) is 0 Å². The summed E-state index contributed by atoms with van der Waals surface area (Å²) in [6.07, 6.45) is 0. The molecule has 0 bridgehead atoms. The second-order valence-electron chi connectivity index (χ2n) is 4.23. The van der Waals surface area contributed by atoms with Crippen molar-refractivity contribution in [3.8, 4) is 0 Å². The zero-order valence-corrected chi connectivity index (χ0v) is 9.82. The minimum absolute atomic E-state index is 0.163. The highest BCUT2D eigenvalue weighted by Gasteiger charge is 2.18. The van der Waals surface area contributed by atoms with E-state index in [1.165, 1.54) is 12.1 Å². The molecule has 0 unspecified atom stereocenters. The van der Waals surface area contributed by atoms with Gasteiger partial charge in [-0.05, 0) is 25.2 Å². The van der Waals surface area contributed by atoms with Crippen LogP contribution in [-0.2, 0) is 0 Å². The Morgan fingerprint density at radius 2 is 2.00 bits per heavy atom. The molecular weight excluding hydrogens is 221 g/mol. The number of nitrogens with one attached hydrogen (secondary N) is 1. The number of rotatable bonds is 1. The van der Waals surface area contributed by atoms with E-state index in [0.29, 0.717) is 18.8 Å². The van der Waals surface area contributed by atoms with E-state index in [9.17, 15) is 9.18 Å². The molecule has 2 rings (SSSR count). The third kappa shape index (κ3) is 3.17. The van der Waals surface area contributed by atoms with Crippen LogP contribution in [0.25, 0.3) is 0 Å². The SMILES string of the molecule is CN1CCN(C(=O)Nc2cccc(F)c2)CC1. The van der Waals surface area contributed by atoms with E-state index in [-0.39, 0.29) is 11.8 Å². The maximum absolute atomic E-state index is 12.9. The molecule has 0 aromatic heterocycles. The first-order valence-electron chi connectivity index (χ1n) is 5.65. The molecule has 1 N–H and O–H groups in total. The van der Waals surface area contributed by atoms with Crippen molar-refractivity contribution < 1.29 is 9.18 Å². The fourth-order valence-corrected chi connectivity index (χ4v) is 1.78. The number of nitrogens with zero attached hydrogens (tertiary/aromatic N) is 2. The summed E-state index contributed by atoms with van der Waals surface area (Å²) >= 11 is 0. The normalized spacial score (nSPS) is 16.9. The van der Waals surface area contributed by atoms with Gasteiger partial charge < -0.3 is 15.1 Å². The summed E-state index contributed by atoms with van der Waals surface area (Å²) in [5.74, 6) is -0.346. The number of piperazine rings is 1. The third-order valence-electron chi connectivity index (χ3n) is 2.87. The van der Waals surface area contributed by atoms with Crippen LogP contribution in [0.2, 0.25) is 0 Å². The average Bonchev–Trinajstić information content (AvgIpc) is 2.29. The summed E-state index contributed by atoms with van der Waals surface area (Å²) in [7, 11) is 2.03. The molecular formula is C12H16FN3O. The number of urea groups is 1. The van der Waals surface area contributed by atoms with Gasteiger partial charge in [0.1, 0.15) is 5.82 Å². The Kier molecular flexibility index (Phi) is 3.58. The van der Waals surface area contributed by atoms with Crippen molar-refractivity contribution in [3.05, 3.63) is 30.1 Å². The topological polar surface area (TPSA) is 35.6 Å². The van der Waals surface area contributed by atoms with Crippen LogP contribution in [0.3, 0.4) is 0 Å². The number of hydrogen-bond donors (Lipinski definition) is 1. The van der Waals surface area contributed by atoms with Crippen LogP contribution in [0.1, 0.15) is 0 Å². The van der Waals surface area contributed by atoms with E-state index in [2.05, 4.69) is 10.2 Å². The highest BCUT2D eigenvalue weighted by molar-refractivity contribution is 5.89. The van der Waals surface area contributed by atoms with Gasteiger partial charge in [0.2, 0.25) is 0 Å². The van der Waals surface area contributed by atoms with Crippen LogP contribution < -0.4 is 5.32 Å². The van der Waals surface area contributed by atoms with Crippen LogP contribution in [0.5, 0.6) is 0 Å². The number of benzene rings is 1. The Hall–Kier alpha value is -1.62. The molecule has 1 aromatic rings. The van der Waals surface area contributed by atoms with Crippen molar-refractivity contribution in [2.24, 2.45) is 0 Å². The predicted molar refractivity (Wildman–Crippen MR) is 64.5 cm³/mol. The van der Waals surface area contributed by atoms with E-state index in [1.54, 1.807) is 17.0 Å². The molecule has 1 heterocycles. The van der Waals surface area contributed by atoms with E-state index in [4.69, 9.17) is 0 Å². The Morgan fingerprint density at radius 3 is 2.65 bits per heavy atom. The monoisotopic (exact) mass is 237 g/mol. The van der Waals surface area contributed by atoms with E-state index >= 15 is 0 Å². The first-order valence-corrected chi connectivity index (χ1v) is 5.65. The molecule has 0 radical (unpaired) electrons. The molecule has 0 saturated carbocycles. The van der Waals surface area contributed by atoms with Gasteiger partial charge in [0.15, 0.2) is 0 Å². The van der Waals surface area contributed by atoms with Gasteiger partial charge >= 0.3 is 6.03 Å². The molecule has 1 aliphatic heterocycles.